The Labute approximate surface area is 183 Å². The van der Waals surface area contributed by atoms with Crippen LogP contribution >= 0.6 is 23.4 Å². The van der Waals surface area contributed by atoms with E-state index in [1.165, 1.54) is 36.0 Å². The summed E-state index contributed by atoms with van der Waals surface area (Å²) < 4.78 is 20.2. The summed E-state index contributed by atoms with van der Waals surface area (Å²) >= 11 is 7.65. The van der Waals surface area contributed by atoms with Crippen molar-refractivity contribution < 1.29 is 13.9 Å². The average molecular weight is 449 g/mol. The summed E-state index contributed by atoms with van der Waals surface area (Å²) in [6, 6.07) is 13.1. The first-order valence-corrected chi connectivity index (χ1v) is 10.7. The lowest BCUT2D eigenvalue weighted by Crippen LogP contribution is -2.23. The highest BCUT2D eigenvalue weighted by Crippen LogP contribution is 2.31. The van der Waals surface area contributed by atoms with E-state index in [9.17, 15) is 9.18 Å². The van der Waals surface area contributed by atoms with E-state index in [1.54, 1.807) is 20.1 Å². The molecule has 9 heteroatoms. The van der Waals surface area contributed by atoms with Gasteiger partial charge >= 0.3 is 0 Å². The molecule has 0 aliphatic carbocycles. The third-order valence-electron chi connectivity index (χ3n) is 4.32. The molecule has 1 heterocycles. The predicted octanol–water partition coefficient (Wildman–Crippen LogP) is 4.89. The van der Waals surface area contributed by atoms with Crippen molar-refractivity contribution in [2.75, 3.05) is 19.0 Å². The van der Waals surface area contributed by atoms with E-state index >= 15 is 0 Å². The molecule has 0 radical (unpaired) electrons. The van der Waals surface area contributed by atoms with Crippen molar-refractivity contribution in [3.63, 3.8) is 0 Å². The first-order chi connectivity index (χ1) is 14.5. The quantitative estimate of drug-likeness (QED) is 0.372. The van der Waals surface area contributed by atoms with E-state index in [0.717, 1.165) is 12.0 Å². The number of hydrogen-bond donors (Lipinski definition) is 1. The van der Waals surface area contributed by atoms with Crippen LogP contribution in [0.2, 0.25) is 5.02 Å². The molecule has 1 N–H and O–H groups in total. The summed E-state index contributed by atoms with van der Waals surface area (Å²) in [6.07, 6.45) is 0.760. The number of hydrogen-bond acceptors (Lipinski definition) is 5. The Morgan fingerprint density at radius 2 is 1.97 bits per heavy atom. The lowest BCUT2D eigenvalue weighted by Gasteiger charge is -2.14. The zero-order valence-electron chi connectivity index (χ0n) is 16.6. The molecule has 0 saturated carbocycles. The Kier molecular flexibility index (Phi) is 7.84. The zero-order valence-corrected chi connectivity index (χ0v) is 18.2. The highest BCUT2D eigenvalue weighted by Gasteiger charge is 2.21. The fourth-order valence-electron chi connectivity index (χ4n) is 2.77. The van der Waals surface area contributed by atoms with Gasteiger partial charge in [-0.05, 0) is 49.7 Å². The van der Waals surface area contributed by atoms with Gasteiger partial charge in [0.05, 0.1) is 10.3 Å². The Morgan fingerprint density at radius 3 is 2.67 bits per heavy atom. The maximum Gasteiger partial charge on any atom is 0.237 e. The summed E-state index contributed by atoms with van der Waals surface area (Å²) in [6.45, 7) is 2.99. The zero-order chi connectivity index (χ0) is 21.5. The van der Waals surface area contributed by atoms with Crippen molar-refractivity contribution in [1.29, 1.82) is 0 Å². The number of carbonyl (C=O) groups is 1. The topological polar surface area (TPSA) is 69.0 Å². The van der Waals surface area contributed by atoms with Crippen molar-refractivity contribution >= 4 is 35.0 Å². The van der Waals surface area contributed by atoms with Gasteiger partial charge in [0, 0.05) is 31.5 Å². The fourth-order valence-corrected chi connectivity index (χ4v) is 3.87. The molecule has 0 aliphatic heterocycles. The molecular formula is C21H22ClFN4O2S. The Morgan fingerprint density at radius 1 is 1.23 bits per heavy atom. The van der Waals surface area contributed by atoms with Gasteiger partial charge < -0.3 is 14.6 Å². The molecule has 0 bridgehead atoms. The Balaban J connectivity index is 1.79. The van der Waals surface area contributed by atoms with E-state index < -0.39 is 5.25 Å². The van der Waals surface area contributed by atoms with E-state index in [0.29, 0.717) is 34.8 Å². The van der Waals surface area contributed by atoms with Crippen LogP contribution in [0, 0.1) is 5.82 Å². The number of thioether (sulfide) groups is 1. The summed E-state index contributed by atoms with van der Waals surface area (Å²) in [7, 11) is 1.65. The molecule has 0 saturated heterocycles. The number of methoxy groups -OCH3 is 1. The second kappa shape index (κ2) is 10.6. The highest BCUT2D eigenvalue weighted by atomic mass is 35.5. The van der Waals surface area contributed by atoms with Crippen LogP contribution in [0.3, 0.4) is 0 Å². The smallest absolute Gasteiger partial charge is 0.237 e. The van der Waals surface area contributed by atoms with Crippen LogP contribution in [0.4, 0.5) is 10.1 Å². The van der Waals surface area contributed by atoms with Crippen LogP contribution in [-0.2, 0) is 16.1 Å². The SMILES string of the molecule is COCCCn1c(SC(C)C(=O)Nc2ccc(F)cc2)nnc1-c1ccccc1Cl. The van der Waals surface area contributed by atoms with Crippen molar-refractivity contribution in [1.82, 2.24) is 14.8 Å². The molecule has 158 valence electrons. The molecule has 3 rings (SSSR count). The maximum absolute atomic E-state index is 13.1. The van der Waals surface area contributed by atoms with Gasteiger partial charge in [-0.1, -0.05) is 35.5 Å². The second-order valence-corrected chi connectivity index (χ2v) is 8.26. The molecule has 1 atom stereocenters. The van der Waals surface area contributed by atoms with E-state index in [-0.39, 0.29) is 11.7 Å². The van der Waals surface area contributed by atoms with Crippen LogP contribution in [0.1, 0.15) is 13.3 Å². The van der Waals surface area contributed by atoms with Gasteiger partial charge in [-0.3, -0.25) is 4.79 Å². The number of aromatic nitrogens is 3. The minimum Gasteiger partial charge on any atom is -0.385 e. The van der Waals surface area contributed by atoms with E-state index in [2.05, 4.69) is 15.5 Å². The van der Waals surface area contributed by atoms with Gasteiger partial charge in [0.25, 0.3) is 0 Å². The summed E-state index contributed by atoms with van der Waals surface area (Å²) in [4.78, 5) is 12.6. The minimum atomic E-state index is -0.445. The first-order valence-electron chi connectivity index (χ1n) is 9.39. The molecule has 1 amide bonds. The molecule has 0 fully saturated rings. The van der Waals surface area contributed by atoms with Gasteiger partial charge in [0.1, 0.15) is 5.82 Å². The number of carbonyl (C=O) groups excluding carboxylic acids is 1. The first kappa shape index (κ1) is 22.3. The van der Waals surface area contributed by atoms with Crippen LogP contribution in [0.15, 0.2) is 53.7 Å². The minimum absolute atomic E-state index is 0.211. The monoisotopic (exact) mass is 448 g/mol. The van der Waals surface area contributed by atoms with Crippen LogP contribution in [0.25, 0.3) is 11.4 Å². The molecule has 0 aliphatic rings. The van der Waals surface area contributed by atoms with Gasteiger partial charge in [0.2, 0.25) is 5.91 Å². The van der Waals surface area contributed by atoms with Gasteiger partial charge in [-0.25, -0.2) is 4.39 Å². The standard InChI is InChI=1S/C21H22ClFN4O2S/c1-14(20(28)24-16-10-8-15(23)9-11-16)30-21-26-25-19(27(21)12-5-13-29-2)17-6-3-4-7-18(17)22/h3-4,6-11,14H,5,12-13H2,1-2H3,(H,24,28). The van der Waals surface area contributed by atoms with Gasteiger partial charge in [-0.15, -0.1) is 10.2 Å². The number of benzene rings is 2. The molecule has 1 aromatic heterocycles. The number of amides is 1. The number of nitrogens with zero attached hydrogens (tertiary/aromatic N) is 3. The van der Waals surface area contributed by atoms with E-state index in [1.807, 2.05) is 22.8 Å². The largest absolute Gasteiger partial charge is 0.385 e. The molecular weight excluding hydrogens is 427 g/mol. The summed E-state index contributed by atoms with van der Waals surface area (Å²) in [5, 5.41) is 12.2. The summed E-state index contributed by atoms with van der Waals surface area (Å²) in [5.74, 6) is 0.0781. The maximum atomic E-state index is 13.1. The van der Waals surface area contributed by atoms with Crippen molar-refractivity contribution in [2.45, 2.75) is 30.3 Å². The second-order valence-electron chi connectivity index (χ2n) is 6.54. The summed E-state index contributed by atoms with van der Waals surface area (Å²) in [5.41, 5.74) is 1.31. The predicted molar refractivity (Wildman–Crippen MR) is 117 cm³/mol. The molecule has 6 nitrogen and oxygen atoms in total. The third kappa shape index (κ3) is 5.59. The van der Waals surface area contributed by atoms with Crippen LogP contribution in [0.5, 0.6) is 0 Å². The fraction of sp³-hybridized carbons (Fsp3) is 0.286. The number of halogens is 2. The number of rotatable bonds is 9. The molecule has 30 heavy (non-hydrogen) atoms. The van der Waals surface area contributed by atoms with E-state index in [4.69, 9.17) is 16.3 Å². The van der Waals surface area contributed by atoms with Crippen molar-refractivity contribution in [2.24, 2.45) is 0 Å². The third-order valence-corrected chi connectivity index (χ3v) is 5.74. The van der Waals surface area contributed by atoms with Crippen molar-refractivity contribution in [3.05, 3.63) is 59.4 Å². The number of ether oxygens (including phenoxy) is 1. The number of nitrogens with one attached hydrogen (secondary N) is 1. The number of anilines is 1. The van der Waals surface area contributed by atoms with Gasteiger partial charge in [-0.2, -0.15) is 0 Å². The Bertz CT molecular complexity index is 997. The molecule has 0 spiro atoms. The van der Waals surface area contributed by atoms with Crippen molar-refractivity contribution in [3.8, 4) is 11.4 Å². The molecule has 3 aromatic rings. The molecule has 2 aromatic carbocycles. The average Bonchev–Trinajstić information content (AvgIpc) is 3.12. The van der Waals surface area contributed by atoms with Crippen LogP contribution < -0.4 is 5.32 Å². The highest BCUT2D eigenvalue weighted by molar-refractivity contribution is 8.00. The lowest BCUT2D eigenvalue weighted by atomic mass is 10.2. The molecule has 1 unspecified atom stereocenters. The lowest BCUT2D eigenvalue weighted by molar-refractivity contribution is -0.115. The van der Waals surface area contributed by atoms with Crippen LogP contribution in [-0.4, -0.2) is 39.6 Å². The normalized spacial score (nSPS) is 12.0. The Hall–Kier alpha value is -2.42. The van der Waals surface area contributed by atoms with Gasteiger partial charge in [0.15, 0.2) is 11.0 Å².